The molecule has 3 atom stereocenters. The zero-order valence-electron chi connectivity index (χ0n) is 11.3. The zero-order valence-corrected chi connectivity index (χ0v) is 11.3. The van der Waals surface area contributed by atoms with E-state index in [9.17, 15) is 5.11 Å². The van der Waals surface area contributed by atoms with E-state index in [0.29, 0.717) is 17.8 Å². The van der Waals surface area contributed by atoms with E-state index in [1.165, 1.54) is 49.7 Å². The van der Waals surface area contributed by atoms with Crippen LogP contribution >= 0.6 is 0 Å². The summed E-state index contributed by atoms with van der Waals surface area (Å²) < 4.78 is 0. The molecule has 0 amide bonds. The second-order valence-corrected chi connectivity index (χ2v) is 6.27. The summed E-state index contributed by atoms with van der Waals surface area (Å²) in [6.07, 6.45) is 7.51. The van der Waals surface area contributed by atoms with Crippen LogP contribution in [0.5, 0.6) is 0 Å². The molecule has 0 heterocycles. The van der Waals surface area contributed by atoms with Gasteiger partial charge in [-0.25, -0.2) is 0 Å². The smallest absolute Gasteiger partial charge is 0.0823 e. The van der Waals surface area contributed by atoms with Gasteiger partial charge in [0.1, 0.15) is 0 Å². The van der Waals surface area contributed by atoms with E-state index in [4.69, 9.17) is 0 Å². The molecule has 0 spiro atoms. The third kappa shape index (κ3) is 2.09. The summed E-state index contributed by atoms with van der Waals surface area (Å²) in [6.45, 7) is 2.30. The lowest BCUT2D eigenvalue weighted by Crippen LogP contribution is -2.19. The molecular formula is C17H24O. The van der Waals surface area contributed by atoms with Gasteiger partial charge >= 0.3 is 0 Å². The topological polar surface area (TPSA) is 20.2 Å². The van der Waals surface area contributed by atoms with Gasteiger partial charge in [0.15, 0.2) is 0 Å². The van der Waals surface area contributed by atoms with E-state index in [1.54, 1.807) is 0 Å². The van der Waals surface area contributed by atoms with Gasteiger partial charge in [0.05, 0.1) is 6.10 Å². The van der Waals surface area contributed by atoms with Crippen molar-refractivity contribution in [1.29, 1.82) is 0 Å². The number of hydrogen-bond acceptors (Lipinski definition) is 1. The first-order valence-corrected chi connectivity index (χ1v) is 7.54. The van der Waals surface area contributed by atoms with Crippen LogP contribution in [0.2, 0.25) is 0 Å². The molecule has 18 heavy (non-hydrogen) atoms. The van der Waals surface area contributed by atoms with Crippen molar-refractivity contribution in [1.82, 2.24) is 0 Å². The highest BCUT2D eigenvalue weighted by atomic mass is 16.3. The first-order valence-electron chi connectivity index (χ1n) is 7.54. The van der Waals surface area contributed by atoms with Gasteiger partial charge in [-0.05, 0) is 48.1 Å². The van der Waals surface area contributed by atoms with Crippen LogP contribution in [0.15, 0.2) is 24.3 Å². The van der Waals surface area contributed by atoms with Crippen LogP contribution in [0.25, 0.3) is 0 Å². The molecular weight excluding hydrogens is 220 g/mol. The maximum atomic E-state index is 10.7. The summed E-state index contributed by atoms with van der Waals surface area (Å²) >= 11 is 0. The summed E-state index contributed by atoms with van der Waals surface area (Å²) in [5.41, 5.74) is 2.65. The molecule has 1 aromatic carbocycles. The van der Waals surface area contributed by atoms with Crippen LogP contribution < -0.4 is 0 Å². The van der Waals surface area contributed by atoms with Gasteiger partial charge in [0.2, 0.25) is 0 Å². The molecule has 3 unspecified atom stereocenters. The second kappa shape index (κ2) is 5.05. The lowest BCUT2D eigenvalue weighted by atomic mass is 9.75. The summed E-state index contributed by atoms with van der Waals surface area (Å²) in [5, 5.41) is 10.7. The van der Waals surface area contributed by atoms with Crippen molar-refractivity contribution in [3.05, 3.63) is 35.4 Å². The average Bonchev–Trinajstić information content (AvgIpc) is 2.73. The molecule has 1 heteroatoms. The van der Waals surface area contributed by atoms with Gasteiger partial charge in [-0.3, -0.25) is 0 Å². The van der Waals surface area contributed by atoms with Crippen LogP contribution in [0.1, 0.15) is 68.6 Å². The van der Waals surface area contributed by atoms with Crippen LogP contribution in [-0.2, 0) is 0 Å². The molecule has 1 nitrogen and oxygen atoms in total. The fourth-order valence-corrected chi connectivity index (χ4v) is 3.75. The molecule has 3 rings (SSSR count). The van der Waals surface area contributed by atoms with Crippen molar-refractivity contribution in [2.45, 2.75) is 57.5 Å². The van der Waals surface area contributed by atoms with E-state index in [1.807, 2.05) is 0 Å². The molecule has 0 radical (unpaired) electrons. The fraction of sp³-hybridized carbons (Fsp3) is 0.647. The number of rotatable bonds is 3. The lowest BCUT2D eigenvalue weighted by Gasteiger charge is -2.31. The van der Waals surface area contributed by atoms with Crippen LogP contribution in [-0.4, -0.2) is 5.11 Å². The Morgan fingerprint density at radius 2 is 1.78 bits per heavy atom. The van der Waals surface area contributed by atoms with Crippen molar-refractivity contribution in [3.8, 4) is 0 Å². The molecule has 98 valence electrons. The van der Waals surface area contributed by atoms with Gasteiger partial charge < -0.3 is 5.11 Å². The zero-order chi connectivity index (χ0) is 12.5. The monoisotopic (exact) mass is 244 g/mol. The number of hydrogen-bond donors (Lipinski definition) is 1. The Bertz CT molecular complexity index is 408. The van der Waals surface area contributed by atoms with Crippen LogP contribution in [0.3, 0.4) is 0 Å². The molecule has 0 bridgehead atoms. The maximum Gasteiger partial charge on any atom is 0.0823 e. The van der Waals surface area contributed by atoms with Crippen molar-refractivity contribution in [2.75, 3.05) is 0 Å². The summed E-state index contributed by atoms with van der Waals surface area (Å²) in [6, 6.07) is 8.60. The molecule has 2 saturated carbocycles. The Morgan fingerprint density at radius 3 is 2.39 bits per heavy atom. The van der Waals surface area contributed by atoms with Gasteiger partial charge in [-0.15, -0.1) is 0 Å². The lowest BCUT2D eigenvalue weighted by molar-refractivity contribution is 0.0884. The Kier molecular flexibility index (Phi) is 3.43. The molecule has 0 saturated heterocycles. The van der Waals surface area contributed by atoms with E-state index in [0.717, 1.165) is 0 Å². The quantitative estimate of drug-likeness (QED) is 0.834. The minimum atomic E-state index is -0.237. The molecule has 1 aromatic rings. The van der Waals surface area contributed by atoms with Crippen molar-refractivity contribution in [2.24, 2.45) is 11.8 Å². The Hall–Kier alpha value is -0.820. The number of aliphatic hydroxyl groups excluding tert-OH is 1. The first kappa shape index (κ1) is 12.2. The van der Waals surface area contributed by atoms with Crippen molar-refractivity contribution < 1.29 is 5.11 Å². The number of benzene rings is 1. The largest absolute Gasteiger partial charge is 0.388 e. The average molecular weight is 244 g/mol. The Morgan fingerprint density at radius 1 is 1.06 bits per heavy atom. The molecule has 0 aromatic heterocycles. The van der Waals surface area contributed by atoms with Gasteiger partial charge in [-0.2, -0.15) is 0 Å². The number of aliphatic hydroxyl groups is 1. The minimum Gasteiger partial charge on any atom is -0.388 e. The first-order chi connectivity index (χ1) is 8.77. The highest BCUT2D eigenvalue weighted by Crippen LogP contribution is 2.44. The third-order valence-corrected chi connectivity index (χ3v) is 5.19. The van der Waals surface area contributed by atoms with Crippen molar-refractivity contribution >= 4 is 0 Å². The van der Waals surface area contributed by atoms with E-state index < -0.39 is 0 Å². The summed E-state index contributed by atoms with van der Waals surface area (Å²) in [5.74, 6) is 1.87. The summed E-state index contributed by atoms with van der Waals surface area (Å²) in [4.78, 5) is 0. The standard InChI is InChI=1S/C17H24O/c1-12-6-4-11-14(12)17(18)16-10-3-2-9-15(16)13-7-5-8-13/h2-3,9-10,12-14,17-18H,4-8,11H2,1H3. The molecule has 2 fully saturated rings. The molecule has 2 aliphatic rings. The van der Waals surface area contributed by atoms with E-state index in [-0.39, 0.29) is 6.10 Å². The van der Waals surface area contributed by atoms with Gasteiger partial charge in [0, 0.05) is 0 Å². The van der Waals surface area contributed by atoms with Crippen molar-refractivity contribution in [3.63, 3.8) is 0 Å². The van der Waals surface area contributed by atoms with E-state index in [2.05, 4.69) is 31.2 Å². The van der Waals surface area contributed by atoms with E-state index >= 15 is 0 Å². The predicted octanol–water partition coefficient (Wildman–Crippen LogP) is 4.42. The van der Waals surface area contributed by atoms with Crippen LogP contribution in [0, 0.1) is 11.8 Å². The summed E-state index contributed by atoms with van der Waals surface area (Å²) in [7, 11) is 0. The minimum absolute atomic E-state index is 0.237. The Labute approximate surface area is 110 Å². The highest BCUT2D eigenvalue weighted by molar-refractivity contribution is 5.34. The van der Waals surface area contributed by atoms with Gasteiger partial charge in [0.25, 0.3) is 0 Å². The van der Waals surface area contributed by atoms with Crippen LogP contribution in [0.4, 0.5) is 0 Å². The predicted molar refractivity (Wildman–Crippen MR) is 74.5 cm³/mol. The second-order valence-electron chi connectivity index (χ2n) is 6.27. The fourth-order valence-electron chi connectivity index (χ4n) is 3.75. The highest BCUT2D eigenvalue weighted by Gasteiger charge is 2.33. The molecule has 1 N–H and O–H groups in total. The normalized spacial score (nSPS) is 30.1. The SMILES string of the molecule is CC1CCCC1C(O)c1ccccc1C1CCC1. The molecule has 0 aliphatic heterocycles. The third-order valence-electron chi connectivity index (χ3n) is 5.19. The van der Waals surface area contributed by atoms with Gasteiger partial charge in [-0.1, -0.05) is 50.5 Å². The Balaban J connectivity index is 1.86. The molecule has 2 aliphatic carbocycles. The maximum absolute atomic E-state index is 10.7.